The van der Waals surface area contributed by atoms with Gasteiger partial charge in [-0.25, -0.2) is 4.39 Å². The fourth-order valence-electron chi connectivity index (χ4n) is 0.902. The molecule has 0 radical (unpaired) electrons. The molecule has 0 saturated carbocycles. The normalized spacial score (nSPS) is 18.8. The van der Waals surface area contributed by atoms with Gasteiger partial charge in [-0.1, -0.05) is 0 Å². The van der Waals surface area contributed by atoms with Crippen LogP contribution in [0, 0.1) is 0 Å². The van der Waals surface area contributed by atoms with Crippen molar-refractivity contribution in [1.29, 1.82) is 0 Å². The molecule has 1 rings (SSSR count). The molecule has 54 valence electrons. The Kier molecular flexibility index (Phi) is 2.00. The van der Waals surface area contributed by atoms with Crippen molar-refractivity contribution in [1.82, 2.24) is 0 Å². The molecule has 0 bridgehead atoms. The smallest absolute Gasteiger partial charge is 0.146 e. The van der Waals surface area contributed by atoms with Gasteiger partial charge >= 0.3 is 0 Å². The van der Waals surface area contributed by atoms with Crippen LogP contribution < -0.4 is 0 Å². The molecule has 0 fully saturated rings. The summed E-state index contributed by atoms with van der Waals surface area (Å²) < 4.78 is 12.7. The van der Waals surface area contributed by atoms with Crippen LogP contribution >= 0.6 is 0 Å². The van der Waals surface area contributed by atoms with Crippen LogP contribution in [0.15, 0.2) is 23.0 Å². The third-order valence-electron chi connectivity index (χ3n) is 1.66. The highest BCUT2D eigenvalue weighted by Crippen LogP contribution is 2.22. The van der Waals surface area contributed by atoms with Gasteiger partial charge in [-0.15, -0.1) is 0 Å². The lowest BCUT2D eigenvalue weighted by Crippen LogP contribution is -1.94. The Hall–Kier alpha value is -0.920. The van der Waals surface area contributed by atoms with E-state index in [-0.39, 0.29) is 5.83 Å². The zero-order chi connectivity index (χ0) is 7.56. The van der Waals surface area contributed by atoms with Crippen LogP contribution in [0.3, 0.4) is 0 Å². The van der Waals surface area contributed by atoms with E-state index in [9.17, 15) is 9.18 Å². The molecule has 0 amide bonds. The summed E-state index contributed by atoms with van der Waals surface area (Å²) in [5.41, 5.74) is 1.30. The molecule has 2 heteroatoms. The molecule has 0 aromatic carbocycles. The van der Waals surface area contributed by atoms with Gasteiger partial charge < -0.3 is 0 Å². The quantitative estimate of drug-likeness (QED) is 0.510. The van der Waals surface area contributed by atoms with Gasteiger partial charge in [-0.2, -0.15) is 0 Å². The van der Waals surface area contributed by atoms with E-state index in [1.807, 2.05) is 0 Å². The second-order valence-corrected chi connectivity index (χ2v) is 2.47. The van der Waals surface area contributed by atoms with Crippen molar-refractivity contribution in [3.8, 4) is 0 Å². The highest BCUT2D eigenvalue weighted by molar-refractivity contribution is 5.74. The Balaban J connectivity index is 2.86. The summed E-state index contributed by atoms with van der Waals surface area (Å²) >= 11 is 0. The highest BCUT2D eigenvalue weighted by Gasteiger charge is 2.08. The fourth-order valence-corrected chi connectivity index (χ4v) is 0.902. The van der Waals surface area contributed by atoms with Crippen LogP contribution in [-0.2, 0) is 4.79 Å². The van der Waals surface area contributed by atoms with Gasteiger partial charge in [0.05, 0.1) is 0 Å². The standard InChI is InChI=1S/C8H9FO/c1-6-2-3-7(5-10)4-8(6)9/h4-5H,2-3H2,1H3. The molecule has 0 spiro atoms. The van der Waals surface area contributed by atoms with Crippen LogP contribution in [0.25, 0.3) is 0 Å². The first-order chi connectivity index (χ1) is 4.74. The van der Waals surface area contributed by atoms with Crippen LogP contribution in [-0.4, -0.2) is 6.29 Å². The average Bonchev–Trinajstić information content (AvgIpc) is 1.95. The number of hydrogen-bond donors (Lipinski definition) is 0. The first-order valence-corrected chi connectivity index (χ1v) is 3.25. The minimum Gasteiger partial charge on any atom is -0.298 e. The topological polar surface area (TPSA) is 17.1 Å². The van der Waals surface area contributed by atoms with Crippen LogP contribution in [0.5, 0.6) is 0 Å². The molecule has 10 heavy (non-hydrogen) atoms. The summed E-state index contributed by atoms with van der Waals surface area (Å²) in [5.74, 6) is -0.242. The van der Waals surface area contributed by atoms with E-state index in [0.717, 1.165) is 5.57 Å². The maximum atomic E-state index is 12.7. The summed E-state index contributed by atoms with van der Waals surface area (Å²) in [7, 11) is 0. The van der Waals surface area contributed by atoms with Gasteiger partial charge in [0.25, 0.3) is 0 Å². The number of carbonyl (C=O) groups excluding carboxylic acids is 1. The van der Waals surface area contributed by atoms with Crippen molar-refractivity contribution in [2.24, 2.45) is 0 Å². The summed E-state index contributed by atoms with van der Waals surface area (Å²) in [6.07, 6.45) is 3.39. The molecule has 1 nitrogen and oxygen atoms in total. The number of rotatable bonds is 1. The lowest BCUT2D eigenvalue weighted by atomic mass is 10.00. The fraction of sp³-hybridized carbons (Fsp3) is 0.375. The maximum absolute atomic E-state index is 12.7. The third-order valence-corrected chi connectivity index (χ3v) is 1.66. The second-order valence-electron chi connectivity index (χ2n) is 2.47. The van der Waals surface area contributed by atoms with E-state index in [1.54, 1.807) is 6.92 Å². The Bertz CT molecular complexity index is 213. The number of carbonyl (C=O) groups is 1. The van der Waals surface area contributed by atoms with E-state index in [2.05, 4.69) is 0 Å². The molecule has 1 aliphatic rings. The molecule has 0 aliphatic heterocycles. The zero-order valence-corrected chi connectivity index (χ0v) is 5.86. The highest BCUT2D eigenvalue weighted by atomic mass is 19.1. The number of aldehydes is 1. The van der Waals surface area contributed by atoms with Crippen molar-refractivity contribution in [2.75, 3.05) is 0 Å². The van der Waals surface area contributed by atoms with Crippen LogP contribution in [0.4, 0.5) is 4.39 Å². The van der Waals surface area contributed by atoms with Gasteiger partial charge in [0.1, 0.15) is 12.1 Å². The molecular weight excluding hydrogens is 131 g/mol. The van der Waals surface area contributed by atoms with E-state index in [0.29, 0.717) is 24.7 Å². The van der Waals surface area contributed by atoms with Crippen molar-refractivity contribution in [2.45, 2.75) is 19.8 Å². The van der Waals surface area contributed by atoms with E-state index in [1.165, 1.54) is 6.08 Å². The predicted octanol–water partition coefficient (Wildman–Crippen LogP) is 2.15. The second kappa shape index (κ2) is 2.78. The summed E-state index contributed by atoms with van der Waals surface area (Å²) in [6, 6.07) is 0. The van der Waals surface area contributed by atoms with Gasteiger partial charge in [0.2, 0.25) is 0 Å². The SMILES string of the molecule is CC1=C(F)C=C(C=O)CC1. The molecular formula is C8H9FO. The first-order valence-electron chi connectivity index (χ1n) is 3.25. The van der Waals surface area contributed by atoms with Crippen LogP contribution in [0.1, 0.15) is 19.8 Å². The van der Waals surface area contributed by atoms with Gasteiger partial charge in [0.15, 0.2) is 0 Å². The summed E-state index contributed by atoms with van der Waals surface area (Å²) in [4.78, 5) is 10.2. The van der Waals surface area contributed by atoms with Crippen molar-refractivity contribution in [3.63, 3.8) is 0 Å². The van der Waals surface area contributed by atoms with E-state index >= 15 is 0 Å². The molecule has 0 aromatic rings. The van der Waals surface area contributed by atoms with E-state index < -0.39 is 0 Å². The van der Waals surface area contributed by atoms with Gasteiger partial charge in [-0.05, 0) is 37.0 Å². The first kappa shape index (κ1) is 7.19. The Morgan fingerprint density at radius 2 is 2.30 bits per heavy atom. The largest absolute Gasteiger partial charge is 0.298 e. The molecule has 0 atom stereocenters. The Morgan fingerprint density at radius 3 is 2.80 bits per heavy atom. The van der Waals surface area contributed by atoms with Gasteiger partial charge in [0, 0.05) is 0 Å². The lowest BCUT2D eigenvalue weighted by Gasteiger charge is -2.07. The molecule has 0 N–H and O–H groups in total. The molecule has 0 heterocycles. The van der Waals surface area contributed by atoms with Crippen molar-refractivity contribution in [3.05, 3.63) is 23.0 Å². The Labute approximate surface area is 59.2 Å². The zero-order valence-electron chi connectivity index (χ0n) is 5.86. The molecule has 0 unspecified atom stereocenters. The van der Waals surface area contributed by atoms with E-state index in [4.69, 9.17) is 0 Å². The maximum Gasteiger partial charge on any atom is 0.146 e. The number of hydrogen-bond acceptors (Lipinski definition) is 1. The summed E-state index contributed by atoms with van der Waals surface area (Å²) in [5, 5.41) is 0. The van der Waals surface area contributed by atoms with Crippen molar-refractivity contribution < 1.29 is 9.18 Å². The molecule has 0 aromatic heterocycles. The molecule has 1 aliphatic carbocycles. The monoisotopic (exact) mass is 140 g/mol. The number of halogens is 1. The predicted molar refractivity (Wildman–Crippen MR) is 37.2 cm³/mol. The molecule has 0 saturated heterocycles. The Morgan fingerprint density at radius 1 is 1.60 bits per heavy atom. The number of allylic oxidation sites excluding steroid dienone is 4. The van der Waals surface area contributed by atoms with Crippen molar-refractivity contribution >= 4 is 6.29 Å². The minimum atomic E-state index is -0.242. The summed E-state index contributed by atoms with van der Waals surface area (Å²) in [6.45, 7) is 1.74. The lowest BCUT2D eigenvalue weighted by molar-refractivity contribution is -0.105. The van der Waals surface area contributed by atoms with Crippen LogP contribution in [0.2, 0.25) is 0 Å². The third kappa shape index (κ3) is 1.32. The minimum absolute atomic E-state index is 0.242. The van der Waals surface area contributed by atoms with Gasteiger partial charge in [-0.3, -0.25) is 4.79 Å². The average molecular weight is 140 g/mol.